The summed E-state index contributed by atoms with van der Waals surface area (Å²) in [5.41, 5.74) is 4.91. The highest BCUT2D eigenvalue weighted by atomic mass is 16.3. The quantitative estimate of drug-likeness (QED) is 0.363. The van der Waals surface area contributed by atoms with E-state index in [1.54, 1.807) is 0 Å². The molecule has 1 heterocycles. The van der Waals surface area contributed by atoms with Gasteiger partial charge in [0.05, 0.1) is 12.6 Å². The summed E-state index contributed by atoms with van der Waals surface area (Å²) < 4.78 is 0. The van der Waals surface area contributed by atoms with Crippen LogP contribution < -0.4 is 16.4 Å². The highest BCUT2D eigenvalue weighted by Crippen LogP contribution is 1.97. The van der Waals surface area contributed by atoms with E-state index in [9.17, 15) is 9.90 Å². The molecule has 0 unspecified atom stereocenters. The molecule has 5 heteroatoms. The van der Waals surface area contributed by atoms with Gasteiger partial charge in [0.1, 0.15) is 0 Å². The van der Waals surface area contributed by atoms with Crippen LogP contribution in [0.3, 0.4) is 0 Å². The number of hydrogen-bond donors (Lipinski definition) is 4. The maximum atomic E-state index is 10.3. The number of primary amides is 1. The maximum absolute atomic E-state index is 10.3. The van der Waals surface area contributed by atoms with Gasteiger partial charge >= 0.3 is 0 Å². The molecular formula is C6H13N3O2. The first kappa shape index (κ1) is 8.45. The van der Waals surface area contributed by atoms with Crippen molar-refractivity contribution in [1.29, 1.82) is 0 Å². The Morgan fingerprint density at radius 1 is 1.73 bits per heavy atom. The number of carbonyl (C=O) groups excluding carboxylic acids is 1. The van der Waals surface area contributed by atoms with Gasteiger partial charge in [0, 0.05) is 19.1 Å². The third-order valence-electron chi connectivity index (χ3n) is 1.72. The van der Waals surface area contributed by atoms with Gasteiger partial charge in [-0.15, -0.1) is 0 Å². The lowest BCUT2D eigenvalue weighted by Gasteiger charge is -2.13. The van der Waals surface area contributed by atoms with Gasteiger partial charge in [-0.05, 0) is 0 Å². The van der Waals surface area contributed by atoms with Crippen LogP contribution in [-0.2, 0) is 4.79 Å². The molecule has 5 N–H and O–H groups in total. The van der Waals surface area contributed by atoms with Gasteiger partial charge in [0.25, 0.3) is 0 Å². The van der Waals surface area contributed by atoms with Crippen molar-refractivity contribution >= 4 is 5.91 Å². The Bertz CT molecular complexity index is 151. The van der Waals surface area contributed by atoms with E-state index in [4.69, 9.17) is 5.73 Å². The second-order valence-corrected chi connectivity index (χ2v) is 2.68. The number of nitrogens with one attached hydrogen (secondary N) is 2. The number of carbonyl (C=O) groups is 1. The lowest BCUT2D eigenvalue weighted by Crippen LogP contribution is -2.43. The molecule has 2 atom stereocenters. The molecule has 11 heavy (non-hydrogen) atoms. The summed E-state index contributed by atoms with van der Waals surface area (Å²) in [6.45, 7) is 1.40. The van der Waals surface area contributed by atoms with Crippen molar-refractivity contribution in [2.45, 2.75) is 12.1 Å². The van der Waals surface area contributed by atoms with Crippen LogP contribution in [0.4, 0.5) is 0 Å². The number of amides is 1. The van der Waals surface area contributed by atoms with Crippen LogP contribution in [0.1, 0.15) is 0 Å². The van der Waals surface area contributed by atoms with E-state index in [2.05, 4.69) is 10.6 Å². The van der Waals surface area contributed by atoms with Crippen molar-refractivity contribution in [3.05, 3.63) is 0 Å². The van der Waals surface area contributed by atoms with E-state index in [1.807, 2.05) is 0 Å². The number of β-amino-alcohol motifs (C(OH)–C–C–N with tert-alkyl or cyclic N) is 1. The van der Waals surface area contributed by atoms with E-state index < -0.39 is 12.0 Å². The highest BCUT2D eigenvalue weighted by Gasteiger charge is 2.24. The molecule has 0 aromatic rings. The Labute approximate surface area is 65.0 Å². The topological polar surface area (TPSA) is 87.4 Å². The molecule has 0 saturated carbocycles. The van der Waals surface area contributed by atoms with Gasteiger partial charge in [-0.25, -0.2) is 0 Å². The number of hydrogen-bond acceptors (Lipinski definition) is 4. The van der Waals surface area contributed by atoms with Crippen LogP contribution in [0.15, 0.2) is 0 Å². The minimum atomic E-state index is -0.408. The SMILES string of the molecule is NC(=O)CN[C@@H]1CNC[C@H]1O. The third-order valence-corrected chi connectivity index (χ3v) is 1.72. The van der Waals surface area contributed by atoms with Crippen molar-refractivity contribution in [3.8, 4) is 0 Å². The molecule has 0 aromatic carbocycles. The highest BCUT2D eigenvalue weighted by molar-refractivity contribution is 5.75. The van der Waals surface area contributed by atoms with Gasteiger partial charge in [0.2, 0.25) is 5.91 Å². The minimum absolute atomic E-state index is 0.0394. The summed E-state index contributed by atoms with van der Waals surface area (Å²) >= 11 is 0. The first-order chi connectivity index (χ1) is 5.20. The second-order valence-electron chi connectivity index (χ2n) is 2.68. The van der Waals surface area contributed by atoms with Crippen LogP contribution in [0, 0.1) is 0 Å². The Morgan fingerprint density at radius 2 is 2.45 bits per heavy atom. The third kappa shape index (κ3) is 2.45. The van der Waals surface area contributed by atoms with Crippen molar-refractivity contribution in [2.24, 2.45) is 5.73 Å². The minimum Gasteiger partial charge on any atom is -0.390 e. The second kappa shape index (κ2) is 3.66. The predicted octanol–water partition coefficient (Wildman–Crippen LogP) is -2.61. The molecule has 0 spiro atoms. The first-order valence-electron chi connectivity index (χ1n) is 3.60. The van der Waals surface area contributed by atoms with Crippen molar-refractivity contribution in [3.63, 3.8) is 0 Å². The summed E-state index contributed by atoms with van der Waals surface area (Å²) in [5, 5.41) is 15.0. The van der Waals surface area contributed by atoms with Gasteiger partial charge in [-0.3, -0.25) is 4.79 Å². The fourth-order valence-corrected chi connectivity index (χ4v) is 1.10. The van der Waals surface area contributed by atoms with E-state index in [0.29, 0.717) is 13.1 Å². The Morgan fingerprint density at radius 3 is 2.91 bits per heavy atom. The summed E-state index contributed by atoms with van der Waals surface area (Å²) in [4.78, 5) is 10.3. The number of aliphatic hydroxyl groups is 1. The smallest absolute Gasteiger partial charge is 0.231 e. The van der Waals surface area contributed by atoms with Crippen LogP contribution in [0.25, 0.3) is 0 Å². The van der Waals surface area contributed by atoms with E-state index >= 15 is 0 Å². The molecular weight excluding hydrogens is 146 g/mol. The molecule has 0 aromatic heterocycles. The number of rotatable bonds is 3. The van der Waals surface area contributed by atoms with Gasteiger partial charge in [-0.2, -0.15) is 0 Å². The van der Waals surface area contributed by atoms with E-state index in [0.717, 1.165) is 0 Å². The molecule has 1 fully saturated rings. The lowest BCUT2D eigenvalue weighted by atomic mass is 10.2. The summed E-state index contributed by atoms with van der Waals surface area (Å²) in [5.74, 6) is -0.399. The summed E-state index contributed by atoms with van der Waals surface area (Å²) in [7, 11) is 0. The molecule has 1 rings (SSSR count). The monoisotopic (exact) mass is 159 g/mol. The fraction of sp³-hybridized carbons (Fsp3) is 0.833. The molecule has 0 radical (unpaired) electrons. The van der Waals surface area contributed by atoms with Crippen LogP contribution in [-0.4, -0.2) is 42.8 Å². The normalized spacial score (nSPS) is 30.6. The average Bonchev–Trinajstić information content (AvgIpc) is 2.31. The molecule has 0 bridgehead atoms. The Balaban J connectivity index is 2.20. The molecule has 1 amide bonds. The van der Waals surface area contributed by atoms with Crippen LogP contribution >= 0.6 is 0 Å². The van der Waals surface area contributed by atoms with Crippen LogP contribution in [0.2, 0.25) is 0 Å². The Hall–Kier alpha value is -0.650. The lowest BCUT2D eigenvalue weighted by molar-refractivity contribution is -0.117. The van der Waals surface area contributed by atoms with E-state index in [1.165, 1.54) is 0 Å². The summed E-state index contributed by atoms with van der Waals surface area (Å²) in [6, 6.07) is -0.0394. The van der Waals surface area contributed by atoms with Gasteiger partial charge in [0.15, 0.2) is 0 Å². The van der Waals surface area contributed by atoms with Crippen molar-refractivity contribution in [1.82, 2.24) is 10.6 Å². The molecule has 5 nitrogen and oxygen atoms in total. The van der Waals surface area contributed by atoms with Crippen molar-refractivity contribution < 1.29 is 9.90 Å². The molecule has 1 aliphatic rings. The molecule has 1 saturated heterocycles. The van der Waals surface area contributed by atoms with E-state index in [-0.39, 0.29) is 12.6 Å². The van der Waals surface area contributed by atoms with Crippen molar-refractivity contribution in [2.75, 3.05) is 19.6 Å². The zero-order chi connectivity index (χ0) is 8.27. The zero-order valence-electron chi connectivity index (χ0n) is 6.21. The van der Waals surface area contributed by atoms with Gasteiger partial charge in [-0.1, -0.05) is 0 Å². The Kier molecular flexibility index (Phi) is 2.81. The first-order valence-corrected chi connectivity index (χ1v) is 3.60. The standard InChI is InChI=1S/C6H13N3O2/c7-6(11)3-9-4-1-8-2-5(4)10/h4-5,8-10H,1-3H2,(H2,7,11)/t4-,5-/m1/s1. The fourth-order valence-electron chi connectivity index (χ4n) is 1.10. The average molecular weight is 159 g/mol. The largest absolute Gasteiger partial charge is 0.390 e. The number of aliphatic hydroxyl groups excluding tert-OH is 1. The molecule has 64 valence electrons. The predicted molar refractivity (Wildman–Crippen MR) is 39.9 cm³/mol. The zero-order valence-corrected chi connectivity index (χ0v) is 6.21. The number of nitrogens with two attached hydrogens (primary N) is 1. The molecule has 1 aliphatic heterocycles. The van der Waals surface area contributed by atoms with Gasteiger partial charge < -0.3 is 21.5 Å². The van der Waals surface area contributed by atoms with Crippen LogP contribution in [0.5, 0.6) is 0 Å². The maximum Gasteiger partial charge on any atom is 0.231 e. The molecule has 0 aliphatic carbocycles. The summed E-state index contributed by atoms with van der Waals surface area (Å²) in [6.07, 6.45) is -0.408.